The van der Waals surface area contributed by atoms with Gasteiger partial charge in [-0.3, -0.25) is 9.36 Å². The van der Waals surface area contributed by atoms with E-state index >= 15 is 0 Å². The molecule has 0 aliphatic carbocycles. The maximum Gasteiger partial charge on any atom is 0.266 e. The van der Waals surface area contributed by atoms with Gasteiger partial charge >= 0.3 is 0 Å². The molecule has 1 atom stereocenters. The quantitative estimate of drug-likeness (QED) is 0.612. The maximum atomic E-state index is 13.2. The van der Waals surface area contributed by atoms with Crippen molar-refractivity contribution in [2.75, 3.05) is 0 Å². The van der Waals surface area contributed by atoms with E-state index in [1.807, 2.05) is 72.8 Å². The Labute approximate surface area is 156 Å². The van der Waals surface area contributed by atoms with Crippen LogP contribution in [-0.4, -0.2) is 14.7 Å². The molecule has 0 saturated carbocycles. The number of aromatic nitrogens is 2. The van der Waals surface area contributed by atoms with Crippen LogP contribution < -0.4 is 5.56 Å². The summed E-state index contributed by atoms with van der Waals surface area (Å²) < 4.78 is 1.57. The fourth-order valence-electron chi connectivity index (χ4n) is 3.99. The molecule has 0 amide bonds. The molecule has 1 unspecified atom stereocenters. The van der Waals surface area contributed by atoms with Crippen LogP contribution in [0.3, 0.4) is 0 Å². The number of nitrogens with zero attached hydrogens (tertiary/aromatic N) is 2. The normalized spacial score (nSPS) is 17.7. The molecule has 0 fully saturated rings. The first-order chi connectivity index (χ1) is 13.2. The van der Waals surface area contributed by atoms with Crippen LogP contribution in [0.2, 0.25) is 0 Å². The van der Waals surface area contributed by atoms with Gasteiger partial charge in [-0.1, -0.05) is 60.7 Å². The van der Waals surface area contributed by atoms with Crippen LogP contribution in [0.4, 0.5) is 0 Å². The Morgan fingerprint density at radius 3 is 2.44 bits per heavy atom. The number of rotatable bonds is 3. The number of hydrogen-bond acceptors (Lipinski definition) is 3. The smallest absolute Gasteiger partial charge is 0.266 e. The predicted molar refractivity (Wildman–Crippen MR) is 105 cm³/mol. The van der Waals surface area contributed by atoms with Crippen molar-refractivity contribution in [3.63, 3.8) is 0 Å². The van der Waals surface area contributed by atoms with Crippen LogP contribution >= 0.6 is 0 Å². The van der Waals surface area contributed by atoms with Crippen molar-refractivity contribution in [2.45, 2.75) is 18.4 Å². The summed E-state index contributed by atoms with van der Waals surface area (Å²) in [7, 11) is 0. The molecule has 4 nitrogen and oxygen atoms in total. The average Bonchev–Trinajstić information content (AvgIpc) is 2.97. The fraction of sp³-hybridized carbons (Fsp3) is 0.130. The van der Waals surface area contributed by atoms with Crippen LogP contribution in [0.1, 0.15) is 23.4 Å². The zero-order valence-corrected chi connectivity index (χ0v) is 14.7. The van der Waals surface area contributed by atoms with Gasteiger partial charge in [0, 0.05) is 5.56 Å². The summed E-state index contributed by atoms with van der Waals surface area (Å²) in [4.78, 5) is 17.9. The van der Waals surface area contributed by atoms with Gasteiger partial charge in [0.2, 0.25) is 0 Å². The molecule has 132 valence electrons. The zero-order valence-electron chi connectivity index (χ0n) is 14.7. The summed E-state index contributed by atoms with van der Waals surface area (Å²) in [6, 6.07) is 24.9. The first-order valence-electron chi connectivity index (χ1n) is 9.07. The molecule has 3 aromatic carbocycles. The molecule has 5 rings (SSSR count). The molecule has 4 aromatic rings. The van der Waals surface area contributed by atoms with Crippen LogP contribution in [0.15, 0.2) is 83.7 Å². The second-order valence-corrected chi connectivity index (χ2v) is 6.96. The third-order valence-electron chi connectivity index (χ3n) is 5.35. The largest absolute Gasteiger partial charge is 0.377 e. The van der Waals surface area contributed by atoms with Gasteiger partial charge in [0.05, 0.1) is 16.6 Å². The summed E-state index contributed by atoms with van der Waals surface area (Å²) in [5, 5.41) is 12.3. The van der Waals surface area contributed by atoms with Gasteiger partial charge in [-0.2, -0.15) is 0 Å². The summed E-state index contributed by atoms with van der Waals surface area (Å²) in [5.41, 5.74) is 1.77. The molecule has 27 heavy (non-hydrogen) atoms. The summed E-state index contributed by atoms with van der Waals surface area (Å²) in [5.74, 6) is 0.406. The molecular weight excluding hydrogens is 336 g/mol. The molecular formula is C23H18N2O2. The maximum absolute atomic E-state index is 13.2. The molecule has 1 N–H and O–H groups in total. The predicted octanol–water partition coefficient (Wildman–Crippen LogP) is 3.57. The molecule has 1 aliphatic rings. The summed E-state index contributed by atoms with van der Waals surface area (Å²) >= 11 is 0. The van der Waals surface area contributed by atoms with Crippen LogP contribution in [0.25, 0.3) is 16.6 Å². The number of fused-ring (bicyclic) bond motifs is 4. The summed E-state index contributed by atoms with van der Waals surface area (Å²) in [6.45, 7) is 0. The molecule has 4 heteroatoms. The SMILES string of the molecule is O=c1c2ccccc2nc2n1-c1ccccc1C2(O)CCc1ccccc1. The van der Waals surface area contributed by atoms with Gasteiger partial charge in [0.15, 0.2) is 5.82 Å². The summed E-state index contributed by atoms with van der Waals surface area (Å²) in [6.07, 6.45) is 1.15. The second-order valence-electron chi connectivity index (χ2n) is 6.96. The topological polar surface area (TPSA) is 55.1 Å². The van der Waals surface area contributed by atoms with Gasteiger partial charge in [0.1, 0.15) is 5.60 Å². The Morgan fingerprint density at radius 1 is 0.889 bits per heavy atom. The number of benzene rings is 3. The van der Waals surface area contributed by atoms with Gasteiger partial charge in [0.25, 0.3) is 5.56 Å². The third kappa shape index (κ3) is 2.34. The van der Waals surface area contributed by atoms with Gasteiger partial charge in [-0.25, -0.2) is 4.98 Å². The van der Waals surface area contributed by atoms with Gasteiger partial charge in [-0.05, 0) is 36.6 Å². The first-order valence-corrected chi connectivity index (χ1v) is 9.07. The molecule has 0 radical (unpaired) electrons. The van der Waals surface area contributed by atoms with Crippen molar-refractivity contribution in [1.82, 2.24) is 9.55 Å². The van der Waals surface area contributed by atoms with E-state index in [9.17, 15) is 9.90 Å². The molecule has 1 aromatic heterocycles. The lowest BCUT2D eigenvalue weighted by molar-refractivity contribution is 0.0677. The number of para-hydroxylation sites is 2. The van der Waals surface area contributed by atoms with E-state index in [1.165, 1.54) is 0 Å². The van der Waals surface area contributed by atoms with Crippen molar-refractivity contribution in [3.05, 3.63) is 106 Å². The Balaban J connectivity index is 1.72. The van der Waals surface area contributed by atoms with Crippen molar-refractivity contribution >= 4 is 10.9 Å². The van der Waals surface area contributed by atoms with E-state index < -0.39 is 5.60 Å². The Kier molecular flexibility index (Phi) is 3.49. The number of aliphatic hydroxyl groups is 1. The molecule has 0 spiro atoms. The molecule has 2 heterocycles. The highest BCUT2D eigenvalue weighted by molar-refractivity contribution is 5.78. The van der Waals surface area contributed by atoms with Crippen molar-refractivity contribution < 1.29 is 5.11 Å². The van der Waals surface area contributed by atoms with E-state index in [0.29, 0.717) is 35.3 Å². The highest BCUT2D eigenvalue weighted by Crippen LogP contribution is 2.42. The highest BCUT2D eigenvalue weighted by Gasteiger charge is 2.44. The number of hydrogen-bond donors (Lipinski definition) is 1. The average molecular weight is 354 g/mol. The van der Waals surface area contributed by atoms with Crippen LogP contribution in [-0.2, 0) is 12.0 Å². The van der Waals surface area contributed by atoms with E-state index in [2.05, 4.69) is 0 Å². The minimum Gasteiger partial charge on any atom is -0.377 e. The fourth-order valence-corrected chi connectivity index (χ4v) is 3.99. The second kappa shape index (κ2) is 5.89. The molecule has 0 saturated heterocycles. The van der Waals surface area contributed by atoms with E-state index in [1.54, 1.807) is 10.6 Å². The lowest BCUT2D eigenvalue weighted by Gasteiger charge is -2.23. The van der Waals surface area contributed by atoms with Crippen LogP contribution in [0.5, 0.6) is 0 Å². The standard InChI is InChI=1S/C23H18N2O2/c26-21-17-10-4-6-12-19(17)24-22-23(27,15-14-16-8-2-1-3-9-16)18-11-5-7-13-20(18)25(21)22/h1-13,27H,14-15H2. The van der Waals surface area contributed by atoms with E-state index in [4.69, 9.17) is 4.98 Å². The lowest BCUT2D eigenvalue weighted by atomic mass is 9.88. The van der Waals surface area contributed by atoms with E-state index in [-0.39, 0.29) is 5.56 Å². The van der Waals surface area contributed by atoms with E-state index in [0.717, 1.165) is 11.1 Å². The Hall–Kier alpha value is -3.24. The van der Waals surface area contributed by atoms with Gasteiger partial charge in [-0.15, -0.1) is 0 Å². The third-order valence-corrected chi connectivity index (χ3v) is 5.35. The Bertz CT molecular complexity index is 1210. The first kappa shape index (κ1) is 16.0. The van der Waals surface area contributed by atoms with Crippen LogP contribution in [0, 0.1) is 0 Å². The zero-order chi connectivity index (χ0) is 18.4. The molecule has 1 aliphatic heterocycles. The van der Waals surface area contributed by atoms with Crippen molar-refractivity contribution in [1.29, 1.82) is 0 Å². The number of aryl methyl sites for hydroxylation is 1. The minimum absolute atomic E-state index is 0.140. The van der Waals surface area contributed by atoms with Gasteiger partial charge < -0.3 is 5.11 Å². The lowest BCUT2D eigenvalue weighted by Crippen LogP contribution is -2.30. The highest BCUT2D eigenvalue weighted by atomic mass is 16.3. The molecule has 0 bridgehead atoms. The monoisotopic (exact) mass is 354 g/mol. The van der Waals surface area contributed by atoms with Crippen molar-refractivity contribution in [2.24, 2.45) is 0 Å². The minimum atomic E-state index is -1.30. The Morgan fingerprint density at radius 2 is 1.59 bits per heavy atom. The van der Waals surface area contributed by atoms with Crippen molar-refractivity contribution in [3.8, 4) is 5.69 Å².